The molecule has 0 amide bonds. The Morgan fingerprint density at radius 1 is 1.00 bits per heavy atom. The highest BCUT2D eigenvalue weighted by molar-refractivity contribution is 7.09. The van der Waals surface area contributed by atoms with Gasteiger partial charge in [0.1, 0.15) is 17.4 Å². The molecule has 1 aromatic heterocycles. The SMILES string of the molecule is CC(C)OC([SiH](C)C)C(O)(c1cccc(OCc2ccc3ccccc3c2)c1)c1nccs1. The highest BCUT2D eigenvalue weighted by Crippen LogP contribution is 2.39. The van der Waals surface area contributed by atoms with Crippen molar-refractivity contribution in [3.63, 3.8) is 0 Å². The van der Waals surface area contributed by atoms with Gasteiger partial charge in [0.15, 0.2) is 5.60 Å². The fourth-order valence-electron chi connectivity index (χ4n) is 4.17. The average molecular weight is 478 g/mol. The van der Waals surface area contributed by atoms with Crippen LogP contribution in [0.4, 0.5) is 0 Å². The molecular formula is C27H31NO3SSi. The number of ether oxygens (including phenoxy) is 2. The number of aliphatic hydroxyl groups is 1. The van der Waals surface area contributed by atoms with Gasteiger partial charge in [-0.25, -0.2) is 4.98 Å². The van der Waals surface area contributed by atoms with E-state index in [4.69, 9.17) is 9.47 Å². The minimum absolute atomic E-state index is 0.00345. The number of hydrogen-bond donors (Lipinski definition) is 1. The van der Waals surface area contributed by atoms with Crippen LogP contribution in [0.2, 0.25) is 13.1 Å². The van der Waals surface area contributed by atoms with Crippen molar-refractivity contribution in [2.45, 2.75) is 51.0 Å². The average Bonchev–Trinajstić information content (AvgIpc) is 3.36. The monoisotopic (exact) mass is 477 g/mol. The van der Waals surface area contributed by atoms with Gasteiger partial charge in [0.25, 0.3) is 0 Å². The zero-order chi connectivity index (χ0) is 23.4. The molecule has 0 saturated carbocycles. The van der Waals surface area contributed by atoms with Crippen molar-refractivity contribution < 1.29 is 14.6 Å². The molecule has 6 heteroatoms. The van der Waals surface area contributed by atoms with Crippen LogP contribution < -0.4 is 4.74 Å². The van der Waals surface area contributed by atoms with Gasteiger partial charge in [-0.2, -0.15) is 0 Å². The van der Waals surface area contributed by atoms with Gasteiger partial charge in [-0.1, -0.05) is 61.6 Å². The van der Waals surface area contributed by atoms with Crippen LogP contribution in [0.5, 0.6) is 5.75 Å². The Morgan fingerprint density at radius 3 is 2.48 bits per heavy atom. The summed E-state index contributed by atoms with van der Waals surface area (Å²) >= 11 is 1.45. The lowest BCUT2D eigenvalue weighted by Gasteiger charge is -2.38. The first-order valence-electron chi connectivity index (χ1n) is 11.4. The van der Waals surface area contributed by atoms with Gasteiger partial charge in [0.05, 0.1) is 20.6 Å². The molecule has 0 radical (unpaired) electrons. The second kappa shape index (κ2) is 10.2. The topological polar surface area (TPSA) is 51.6 Å². The summed E-state index contributed by atoms with van der Waals surface area (Å²) in [5, 5.41) is 17.1. The molecule has 4 nitrogen and oxygen atoms in total. The minimum Gasteiger partial charge on any atom is -0.489 e. The molecule has 172 valence electrons. The van der Waals surface area contributed by atoms with Gasteiger partial charge >= 0.3 is 0 Å². The molecule has 2 atom stereocenters. The molecule has 2 unspecified atom stereocenters. The van der Waals surface area contributed by atoms with Crippen LogP contribution in [0.3, 0.4) is 0 Å². The van der Waals surface area contributed by atoms with Crippen LogP contribution in [0.15, 0.2) is 78.3 Å². The number of fused-ring (bicyclic) bond motifs is 1. The van der Waals surface area contributed by atoms with Crippen molar-refractivity contribution >= 4 is 30.9 Å². The third-order valence-corrected chi connectivity index (χ3v) is 8.44. The second-order valence-electron chi connectivity index (χ2n) is 8.95. The van der Waals surface area contributed by atoms with Crippen LogP contribution in [-0.2, 0) is 16.9 Å². The molecule has 1 N–H and O–H groups in total. The van der Waals surface area contributed by atoms with Crippen LogP contribution in [0, 0.1) is 0 Å². The Morgan fingerprint density at radius 2 is 1.79 bits per heavy atom. The summed E-state index contributed by atoms with van der Waals surface area (Å²) in [6.07, 6.45) is 1.74. The van der Waals surface area contributed by atoms with Crippen molar-refractivity contribution in [2.24, 2.45) is 0 Å². The molecule has 0 aliphatic rings. The fraction of sp³-hybridized carbons (Fsp3) is 0.296. The van der Waals surface area contributed by atoms with E-state index in [2.05, 4.69) is 48.4 Å². The van der Waals surface area contributed by atoms with E-state index in [0.29, 0.717) is 17.4 Å². The summed E-state index contributed by atoms with van der Waals surface area (Å²) < 4.78 is 12.5. The molecular weight excluding hydrogens is 446 g/mol. The summed E-state index contributed by atoms with van der Waals surface area (Å²) in [6, 6.07) is 22.4. The van der Waals surface area contributed by atoms with Crippen molar-refractivity contribution in [2.75, 3.05) is 0 Å². The Balaban J connectivity index is 1.64. The fourth-order valence-corrected chi connectivity index (χ4v) is 7.02. The maximum absolute atomic E-state index is 12.2. The molecule has 0 saturated heterocycles. The number of rotatable bonds is 9. The summed E-state index contributed by atoms with van der Waals surface area (Å²) in [4.78, 5) is 4.50. The maximum atomic E-state index is 12.2. The smallest absolute Gasteiger partial charge is 0.164 e. The molecule has 0 aliphatic carbocycles. The van der Waals surface area contributed by atoms with Crippen LogP contribution >= 0.6 is 11.3 Å². The molecule has 0 spiro atoms. The van der Waals surface area contributed by atoms with Gasteiger partial charge in [0.2, 0.25) is 0 Å². The quantitative estimate of drug-likeness (QED) is 0.304. The number of benzene rings is 3. The standard InChI is InChI=1S/C27H31NO3SSi/c1-19(2)31-26(33(3)4)27(29,25-28-14-15-32-25)23-10-7-11-24(17-23)30-18-20-12-13-21-8-5-6-9-22(21)16-20/h5-17,19,26,29,33H,18H2,1-4H3. The Kier molecular flexibility index (Phi) is 7.29. The van der Waals surface area contributed by atoms with E-state index in [1.54, 1.807) is 6.20 Å². The first-order chi connectivity index (χ1) is 15.9. The second-order valence-corrected chi connectivity index (χ2v) is 12.9. The van der Waals surface area contributed by atoms with Crippen molar-refractivity contribution in [1.82, 2.24) is 4.98 Å². The van der Waals surface area contributed by atoms with E-state index >= 15 is 0 Å². The third kappa shape index (κ3) is 5.19. The lowest BCUT2D eigenvalue weighted by molar-refractivity contribution is -0.0729. The van der Waals surface area contributed by atoms with E-state index in [-0.39, 0.29) is 11.8 Å². The van der Waals surface area contributed by atoms with Gasteiger partial charge in [-0.15, -0.1) is 11.3 Å². The Hall–Kier alpha value is -2.51. The third-order valence-electron chi connectivity index (χ3n) is 5.69. The van der Waals surface area contributed by atoms with Crippen LogP contribution in [0.1, 0.15) is 30.0 Å². The zero-order valence-corrected chi connectivity index (χ0v) is 21.5. The van der Waals surface area contributed by atoms with E-state index in [1.165, 1.54) is 22.1 Å². The molecule has 0 aliphatic heterocycles. The normalized spacial score (nSPS) is 14.5. The van der Waals surface area contributed by atoms with Crippen LogP contribution in [-0.4, -0.2) is 30.7 Å². The number of nitrogens with zero attached hydrogens (tertiary/aromatic N) is 1. The van der Waals surface area contributed by atoms with E-state index in [1.807, 2.05) is 55.6 Å². The van der Waals surface area contributed by atoms with Crippen molar-refractivity contribution in [3.8, 4) is 5.75 Å². The van der Waals surface area contributed by atoms with Gasteiger partial charge in [-0.3, -0.25) is 0 Å². The number of hydrogen-bond acceptors (Lipinski definition) is 5. The minimum atomic E-state index is -1.43. The molecule has 0 fully saturated rings. The van der Waals surface area contributed by atoms with E-state index in [0.717, 1.165) is 11.1 Å². The largest absolute Gasteiger partial charge is 0.489 e. The lowest BCUT2D eigenvalue weighted by Crippen LogP contribution is -2.50. The highest BCUT2D eigenvalue weighted by atomic mass is 32.1. The maximum Gasteiger partial charge on any atom is 0.164 e. The molecule has 4 aromatic rings. The number of thiazole rings is 1. The summed E-state index contributed by atoms with van der Waals surface area (Å²) in [5.74, 6) is 0.712. The molecule has 0 bridgehead atoms. The first kappa shape index (κ1) is 23.6. The Bertz CT molecular complexity index is 1190. The zero-order valence-electron chi connectivity index (χ0n) is 19.6. The van der Waals surface area contributed by atoms with Crippen LogP contribution in [0.25, 0.3) is 10.8 Å². The van der Waals surface area contributed by atoms with Crippen molar-refractivity contribution in [1.29, 1.82) is 0 Å². The predicted molar refractivity (Wildman–Crippen MR) is 139 cm³/mol. The first-order valence-corrected chi connectivity index (χ1v) is 15.2. The highest BCUT2D eigenvalue weighted by Gasteiger charge is 2.45. The summed E-state index contributed by atoms with van der Waals surface area (Å²) in [5.41, 5.74) is 0.214. The van der Waals surface area contributed by atoms with E-state index < -0.39 is 14.4 Å². The van der Waals surface area contributed by atoms with Gasteiger partial charge in [-0.05, 0) is 53.9 Å². The molecule has 3 aromatic carbocycles. The lowest BCUT2D eigenvalue weighted by atomic mass is 9.94. The van der Waals surface area contributed by atoms with Gasteiger partial charge in [0, 0.05) is 11.6 Å². The summed E-state index contributed by atoms with van der Waals surface area (Å²) in [6.45, 7) is 8.87. The summed E-state index contributed by atoms with van der Waals surface area (Å²) in [7, 11) is -1.43. The van der Waals surface area contributed by atoms with Crippen molar-refractivity contribution in [3.05, 3.63) is 94.4 Å². The molecule has 4 rings (SSSR count). The molecule has 1 heterocycles. The van der Waals surface area contributed by atoms with E-state index in [9.17, 15) is 5.11 Å². The number of aromatic nitrogens is 1. The molecule has 33 heavy (non-hydrogen) atoms. The Labute approximate surface area is 201 Å². The van der Waals surface area contributed by atoms with Gasteiger partial charge < -0.3 is 14.6 Å². The predicted octanol–water partition coefficient (Wildman–Crippen LogP) is 5.93.